The fraction of sp³-hybridized carbons (Fsp3) is 0.133. The topological polar surface area (TPSA) is 111 Å². The van der Waals surface area contributed by atoms with Gasteiger partial charge in [-0.2, -0.15) is 0 Å². The van der Waals surface area contributed by atoms with E-state index in [9.17, 15) is 9.59 Å². The maximum atomic E-state index is 12.0. The third kappa shape index (κ3) is 2.22. The van der Waals surface area contributed by atoms with Crippen LogP contribution in [0, 0.1) is 0 Å². The highest BCUT2D eigenvalue weighted by atomic mass is 16.5. The summed E-state index contributed by atoms with van der Waals surface area (Å²) >= 11 is 0. The lowest BCUT2D eigenvalue weighted by atomic mass is 10.2. The summed E-state index contributed by atoms with van der Waals surface area (Å²) in [7, 11) is 0. The molecule has 0 aliphatic heterocycles. The average Bonchev–Trinajstić information content (AvgIpc) is 2.92. The van der Waals surface area contributed by atoms with Gasteiger partial charge in [0.25, 0.3) is 5.56 Å². The van der Waals surface area contributed by atoms with Crippen LogP contribution in [0.5, 0.6) is 0 Å². The second-order valence-electron chi connectivity index (χ2n) is 4.53. The number of nitrogens with zero attached hydrogens (tertiary/aromatic N) is 1. The van der Waals surface area contributed by atoms with Gasteiger partial charge in [0.2, 0.25) is 11.6 Å². The van der Waals surface area contributed by atoms with E-state index >= 15 is 0 Å². The molecule has 0 spiro atoms. The summed E-state index contributed by atoms with van der Waals surface area (Å²) in [6.45, 7) is 1.79. The lowest BCUT2D eigenvalue weighted by Crippen LogP contribution is -2.22. The fourth-order valence-electron chi connectivity index (χ4n) is 2.10. The van der Waals surface area contributed by atoms with Crippen molar-refractivity contribution in [2.24, 2.45) is 0 Å². The van der Waals surface area contributed by atoms with Crippen molar-refractivity contribution in [3.63, 3.8) is 0 Å². The monoisotopic (exact) mass is 299 g/mol. The Balaban J connectivity index is 2.19. The number of benzene rings is 1. The summed E-state index contributed by atoms with van der Waals surface area (Å²) in [5.41, 5.74) is 5.99. The second kappa shape index (κ2) is 5.36. The Kier molecular flexibility index (Phi) is 3.38. The molecule has 7 nitrogen and oxygen atoms in total. The number of rotatable bonds is 3. The van der Waals surface area contributed by atoms with E-state index in [0.29, 0.717) is 5.89 Å². The number of aromatic nitrogens is 2. The predicted octanol–water partition coefficient (Wildman–Crippen LogP) is 1.94. The van der Waals surface area contributed by atoms with Gasteiger partial charge in [-0.15, -0.1) is 0 Å². The molecule has 112 valence electrons. The molecule has 2 aromatic heterocycles. The van der Waals surface area contributed by atoms with Gasteiger partial charge in [-0.25, -0.2) is 9.78 Å². The quantitative estimate of drug-likeness (QED) is 0.715. The zero-order valence-electron chi connectivity index (χ0n) is 11.8. The number of hydrogen-bond donors (Lipinski definition) is 2. The van der Waals surface area contributed by atoms with Crippen LogP contribution in [0.15, 0.2) is 39.5 Å². The van der Waals surface area contributed by atoms with Gasteiger partial charge in [-0.05, 0) is 19.1 Å². The van der Waals surface area contributed by atoms with Crippen LogP contribution in [0.25, 0.3) is 22.7 Å². The van der Waals surface area contributed by atoms with E-state index in [4.69, 9.17) is 14.9 Å². The smallest absolute Gasteiger partial charge is 0.345 e. The Hall–Kier alpha value is -3.09. The minimum Gasteiger partial charge on any atom is -0.462 e. The number of pyridine rings is 1. The van der Waals surface area contributed by atoms with E-state index in [-0.39, 0.29) is 29.1 Å². The Morgan fingerprint density at radius 2 is 2.09 bits per heavy atom. The van der Waals surface area contributed by atoms with Gasteiger partial charge in [-0.1, -0.05) is 18.2 Å². The van der Waals surface area contributed by atoms with Crippen molar-refractivity contribution in [2.45, 2.75) is 6.92 Å². The number of carbonyl (C=O) groups excluding carboxylic acids is 1. The molecule has 1 aromatic carbocycles. The van der Waals surface area contributed by atoms with Gasteiger partial charge >= 0.3 is 5.97 Å². The molecule has 0 aliphatic carbocycles. The molecule has 3 rings (SSSR count). The maximum Gasteiger partial charge on any atom is 0.345 e. The number of esters is 1. The second-order valence-corrected chi connectivity index (χ2v) is 4.53. The van der Waals surface area contributed by atoms with Gasteiger partial charge in [0, 0.05) is 5.56 Å². The Labute approximate surface area is 124 Å². The molecule has 0 unspecified atom stereocenters. The number of fused-ring (bicyclic) bond motifs is 1. The van der Waals surface area contributed by atoms with E-state index in [2.05, 4.69) is 9.97 Å². The van der Waals surface area contributed by atoms with Gasteiger partial charge in [0.05, 0.1) is 12.3 Å². The van der Waals surface area contributed by atoms with Crippen molar-refractivity contribution in [1.29, 1.82) is 0 Å². The first-order chi connectivity index (χ1) is 10.6. The minimum absolute atomic E-state index is 0.0527. The molecule has 0 fully saturated rings. The Morgan fingerprint density at radius 1 is 1.36 bits per heavy atom. The number of anilines is 1. The molecule has 0 atom stereocenters. The molecule has 0 aliphatic rings. The molecule has 0 radical (unpaired) electrons. The van der Waals surface area contributed by atoms with E-state index in [1.54, 1.807) is 6.92 Å². The van der Waals surface area contributed by atoms with E-state index in [1.807, 2.05) is 30.3 Å². The first kappa shape index (κ1) is 13.9. The number of nitrogens with one attached hydrogen (secondary N) is 1. The van der Waals surface area contributed by atoms with Crippen LogP contribution in [0.1, 0.15) is 17.3 Å². The van der Waals surface area contributed by atoms with E-state index in [0.717, 1.165) is 5.56 Å². The molecule has 0 bridgehead atoms. The van der Waals surface area contributed by atoms with Crippen LogP contribution in [0.4, 0.5) is 5.69 Å². The van der Waals surface area contributed by atoms with Crippen molar-refractivity contribution >= 4 is 22.9 Å². The summed E-state index contributed by atoms with van der Waals surface area (Å²) in [4.78, 5) is 30.5. The first-order valence-corrected chi connectivity index (χ1v) is 6.66. The molecule has 0 amide bonds. The third-order valence-corrected chi connectivity index (χ3v) is 3.11. The van der Waals surface area contributed by atoms with Crippen molar-refractivity contribution in [3.05, 3.63) is 46.2 Å². The van der Waals surface area contributed by atoms with Crippen LogP contribution in [-0.2, 0) is 4.74 Å². The average molecular weight is 299 g/mol. The van der Waals surface area contributed by atoms with Gasteiger partial charge in [-0.3, -0.25) is 9.78 Å². The highest BCUT2D eigenvalue weighted by molar-refractivity contribution is 6.01. The standard InChI is InChI=1S/C15H13N3O4/c1-2-21-15(20)9-10(16)11-14(18-12(9)19)22-13(17-11)8-6-4-3-5-7-8/h3-7H,2H2,1H3,(H3,16,18,19). The molecular weight excluding hydrogens is 286 g/mol. The van der Waals surface area contributed by atoms with Crippen LogP contribution >= 0.6 is 0 Å². The van der Waals surface area contributed by atoms with Crippen molar-refractivity contribution in [3.8, 4) is 11.5 Å². The largest absolute Gasteiger partial charge is 0.462 e. The van der Waals surface area contributed by atoms with Crippen LogP contribution < -0.4 is 11.3 Å². The summed E-state index contributed by atoms with van der Waals surface area (Å²) in [6, 6.07) is 9.15. The molecule has 22 heavy (non-hydrogen) atoms. The lowest BCUT2D eigenvalue weighted by molar-refractivity contribution is 0.0525. The Morgan fingerprint density at radius 3 is 2.77 bits per heavy atom. The van der Waals surface area contributed by atoms with Crippen molar-refractivity contribution < 1.29 is 13.9 Å². The summed E-state index contributed by atoms with van der Waals surface area (Å²) in [5.74, 6) is -0.480. The molecular formula is C15H13N3O4. The predicted molar refractivity (Wildman–Crippen MR) is 80.4 cm³/mol. The molecule has 3 N–H and O–H groups in total. The van der Waals surface area contributed by atoms with Gasteiger partial charge in [0.15, 0.2) is 5.52 Å². The number of aromatic amines is 1. The number of carbonyl (C=O) groups is 1. The zero-order valence-corrected chi connectivity index (χ0v) is 11.8. The molecule has 7 heteroatoms. The Bertz CT molecular complexity index is 896. The number of nitrogen functional groups attached to an aromatic ring is 1. The third-order valence-electron chi connectivity index (χ3n) is 3.11. The SMILES string of the molecule is CCOC(=O)c1c(N)c2nc(-c3ccccc3)oc2[nH]c1=O. The number of oxazole rings is 1. The molecule has 0 saturated heterocycles. The normalized spacial score (nSPS) is 10.8. The summed E-state index contributed by atoms with van der Waals surface area (Å²) in [6.07, 6.45) is 0. The lowest BCUT2D eigenvalue weighted by Gasteiger charge is -2.03. The number of H-pyrrole nitrogens is 1. The summed E-state index contributed by atoms with van der Waals surface area (Å²) in [5, 5.41) is 0. The number of nitrogens with two attached hydrogens (primary N) is 1. The summed E-state index contributed by atoms with van der Waals surface area (Å²) < 4.78 is 10.3. The first-order valence-electron chi connectivity index (χ1n) is 6.66. The molecule has 2 heterocycles. The maximum absolute atomic E-state index is 12.0. The van der Waals surface area contributed by atoms with Gasteiger partial charge < -0.3 is 14.9 Å². The van der Waals surface area contributed by atoms with Crippen LogP contribution in [-0.4, -0.2) is 22.5 Å². The van der Waals surface area contributed by atoms with Gasteiger partial charge in [0.1, 0.15) is 5.56 Å². The minimum atomic E-state index is -0.785. The molecule has 3 aromatic rings. The van der Waals surface area contributed by atoms with Crippen molar-refractivity contribution in [2.75, 3.05) is 12.3 Å². The number of ether oxygens (including phenoxy) is 1. The molecule has 0 saturated carbocycles. The highest BCUT2D eigenvalue weighted by Crippen LogP contribution is 2.26. The van der Waals surface area contributed by atoms with Crippen LogP contribution in [0.3, 0.4) is 0 Å². The van der Waals surface area contributed by atoms with E-state index < -0.39 is 11.5 Å². The van der Waals surface area contributed by atoms with Crippen molar-refractivity contribution in [1.82, 2.24) is 9.97 Å². The zero-order chi connectivity index (χ0) is 15.7. The highest BCUT2D eigenvalue weighted by Gasteiger charge is 2.22. The number of hydrogen-bond acceptors (Lipinski definition) is 6. The van der Waals surface area contributed by atoms with E-state index in [1.165, 1.54) is 0 Å². The van der Waals surface area contributed by atoms with Crippen LogP contribution in [0.2, 0.25) is 0 Å². The fourth-order valence-corrected chi connectivity index (χ4v) is 2.10.